The minimum Gasteiger partial charge on any atom is -0.460 e. The number of hydrogen-bond donors (Lipinski definition) is 0. The second-order valence-corrected chi connectivity index (χ2v) is 4.31. The lowest BCUT2D eigenvalue weighted by molar-refractivity contribution is -0.133. The molecule has 92 valence electrons. The number of rotatable bonds is 4. The van der Waals surface area contributed by atoms with Crippen LogP contribution in [0.4, 0.5) is 0 Å². The molecule has 0 radical (unpaired) electrons. The van der Waals surface area contributed by atoms with E-state index in [4.69, 9.17) is 4.74 Å². The van der Waals surface area contributed by atoms with Gasteiger partial charge in [0.1, 0.15) is 6.10 Å². The Kier molecular flexibility index (Phi) is 3.78. The third-order valence-electron chi connectivity index (χ3n) is 3.06. The van der Waals surface area contributed by atoms with E-state index in [1.54, 1.807) is 0 Å². The zero-order valence-corrected chi connectivity index (χ0v) is 10.6. The minimum atomic E-state index is -0.203. The Bertz CT molecular complexity index is 532. The van der Waals surface area contributed by atoms with E-state index in [0.29, 0.717) is 6.47 Å². The molecular weight excluding hydrogens is 224 g/mol. The summed E-state index contributed by atoms with van der Waals surface area (Å²) in [6.45, 7) is 4.43. The Balaban J connectivity index is 2.34. The van der Waals surface area contributed by atoms with Gasteiger partial charge in [-0.05, 0) is 36.1 Å². The van der Waals surface area contributed by atoms with E-state index in [9.17, 15) is 4.79 Å². The lowest BCUT2D eigenvalue weighted by Gasteiger charge is -2.13. The Morgan fingerprint density at radius 2 is 1.83 bits per heavy atom. The maximum absolute atomic E-state index is 10.3. The first kappa shape index (κ1) is 12.4. The Hall–Kier alpha value is -2.09. The van der Waals surface area contributed by atoms with Crippen LogP contribution in [0.3, 0.4) is 0 Å². The van der Waals surface area contributed by atoms with Crippen LogP contribution in [0.5, 0.6) is 0 Å². The van der Waals surface area contributed by atoms with Gasteiger partial charge in [0, 0.05) is 0 Å². The standard InChI is InChI=1S/C16H16O2/c1-12-10-15(13(2)18-11-17)8-9-16(12)14-6-4-3-5-7-14/h3-11,13H,1-2H3. The summed E-state index contributed by atoms with van der Waals surface area (Å²) in [5.41, 5.74) is 4.60. The smallest absolute Gasteiger partial charge is 0.293 e. The maximum Gasteiger partial charge on any atom is 0.293 e. The van der Waals surface area contributed by atoms with Crippen LogP contribution in [-0.4, -0.2) is 6.47 Å². The molecule has 1 unspecified atom stereocenters. The van der Waals surface area contributed by atoms with E-state index in [1.165, 1.54) is 16.7 Å². The summed E-state index contributed by atoms with van der Waals surface area (Å²) in [7, 11) is 0. The van der Waals surface area contributed by atoms with Crippen molar-refractivity contribution in [2.45, 2.75) is 20.0 Å². The van der Waals surface area contributed by atoms with Crippen LogP contribution in [-0.2, 0) is 9.53 Å². The Morgan fingerprint density at radius 1 is 1.11 bits per heavy atom. The van der Waals surface area contributed by atoms with Gasteiger partial charge in [-0.15, -0.1) is 0 Å². The molecule has 2 aromatic carbocycles. The molecular formula is C16H16O2. The molecule has 0 bridgehead atoms. The van der Waals surface area contributed by atoms with Crippen molar-refractivity contribution in [1.82, 2.24) is 0 Å². The number of carbonyl (C=O) groups excluding carboxylic acids is 1. The largest absolute Gasteiger partial charge is 0.460 e. The molecule has 2 heteroatoms. The average molecular weight is 240 g/mol. The topological polar surface area (TPSA) is 26.3 Å². The van der Waals surface area contributed by atoms with Crippen molar-refractivity contribution < 1.29 is 9.53 Å². The highest BCUT2D eigenvalue weighted by Crippen LogP contribution is 2.26. The molecule has 0 amide bonds. The predicted molar refractivity (Wildman–Crippen MR) is 72.2 cm³/mol. The highest BCUT2D eigenvalue weighted by atomic mass is 16.5. The van der Waals surface area contributed by atoms with Crippen LogP contribution in [0.15, 0.2) is 48.5 Å². The van der Waals surface area contributed by atoms with Gasteiger partial charge in [-0.25, -0.2) is 0 Å². The third kappa shape index (κ3) is 2.59. The van der Waals surface area contributed by atoms with E-state index >= 15 is 0 Å². The predicted octanol–water partition coefficient (Wildman–Crippen LogP) is 3.90. The van der Waals surface area contributed by atoms with Gasteiger partial charge in [0.15, 0.2) is 0 Å². The van der Waals surface area contributed by atoms with Gasteiger partial charge < -0.3 is 4.74 Å². The van der Waals surface area contributed by atoms with E-state index in [2.05, 4.69) is 31.2 Å². The summed E-state index contributed by atoms with van der Waals surface area (Å²) in [5, 5.41) is 0. The van der Waals surface area contributed by atoms with Gasteiger partial charge in [-0.3, -0.25) is 4.79 Å². The van der Waals surface area contributed by atoms with Gasteiger partial charge in [0.2, 0.25) is 0 Å². The zero-order valence-electron chi connectivity index (χ0n) is 10.6. The van der Waals surface area contributed by atoms with Gasteiger partial charge in [-0.2, -0.15) is 0 Å². The lowest BCUT2D eigenvalue weighted by atomic mass is 9.97. The molecule has 0 heterocycles. The SMILES string of the molecule is Cc1cc(C(C)OC=O)ccc1-c1ccccc1. The van der Waals surface area contributed by atoms with Crippen molar-refractivity contribution in [3.8, 4) is 11.1 Å². The fraction of sp³-hybridized carbons (Fsp3) is 0.188. The fourth-order valence-corrected chi connectivity index (χ4v) is 2.04. The summed E-state index contributed by atoms with van der Waals surface area (Å²) >= 11 is 0. The molecule has 18 heavy (non-hydrogen) atoms. The second kappa shape index (κ2) is 5.50. The van der Waals surface area contributed by atoms with Crippen molar-refractivity contribution in [2.75, 3.05) is 0 Å². The zero-order chi connectivity index (χ0) is 13.0. The van der Waals surface area contributed by atoms with Crippen molar-refractivity contribution in [1.29, 1.82) is 0 Å². The molecule has 0 saturated carbocycles. The van der Waals surface area contributed by atoms with Crippen LogP contribution >= 0.6 is 0 Å². The van der Waals surface area contributed by atoms with Crippen LogP contribution in [0.25, 0.3) is 11.1 Å². The van der Waals surface area contributed by atoms with Crippen molar-refractivity contribution in [3.05, 3.63) is 59.7 Å². The van der Waals surface area contributed by atoms with Gasteiger partial charge in [0.05, 0.1) is 0 Å². The van der Waals surface area contributed by atoms with Crippen LogP contribution in [0.2, 0.25) is 0 Å². The molecule has 2 aromatic rings. The summed E-state index contributed by atoms with van der Waals surface area (Å²) in [5.74, 6) is 0. The van der Waals surface area contributed by atoms with E-state index in [0.717, 1.165) is 5.56 Å². The summed E-state index contributed by atoms with van der Waals surface area (Å²) < 4.78 is 4.95. The maximum atomic E-state index is 10.3. The van der Waals surface area contributed by atoms with Gasteiger partial charge in [0.25, 0.3) is 6.47 Å². The van der Waals surface area contributed by atoms with Gasteiger partial charge >= 0.3 is 0 Å². The molecule has 2 rings (SSSR count). The second-order valence-electron chi connectivity index (χ2n) is 4.31. The molecule has 0 aliphatic heterocycles. The summed E-state index contributed by atoms with van der Waals surface area (Å²) in [6, 6.07) is 16.4. The molecule has 0 saturated heterocycles. The van der Waals surface area contributed by atoms with Gasteiger partial charge in [-0.1, -0.05) is 48.5 Å². The molecule has 0 aliphatic rings. The normalized spacial score (nSPS) is 11.9. The average Bonchev–Trinajstić information content (AvgIpc) is 2.40. The molecule has 1 atom stereocenters. The first-order valence-corrected chi connectivity index (χ1v) is 5.97. The quantitative estimate of drug-likeness (QED) is 0.758. The van der Waals surface area contributed by atoms with Crippen LogP contribution < -0.4 is 0 Å². The first-order valence-electron chi connectivity index (χ1n) is 5.97. The van der Waals surface area contributed by atoms with E-state index < -0.39 is 0 Å². The highest BCUT2D eigenvalue weighted by Gasteiger charge is 2.08. The monoisotopic (exact) mass is 240 g/mol. The number of aryl methyl sites for hydroxylation is 1. The molecule has 0 aliphatic carbocycles. The highest BCUT2D eigenvalue weighted by molar-refractivity contribution is 5.67. The molecule has 0 aromatic heterocycles. The van der Waals surface area contributed by atoms with E-state index in [1.807, 2.05) is 31.2 Å². The molecule has 2 nitrogen and oxygen atoms in total. The van der Waals surface area contributed by atoms with Crippen molar-refractivity contribution in [2.24, 2.45) is 0 Å². The number of carbonyl (C=O) groups is 1. The molecule has 0 fully saturated rings. The number of hydrogen-bond acceptors (Lipinski definition) is 2. The minimum absolute atomic E-state index is 0.203. The molecule has 0 spiro atoms. The third-order valence-corrected chi connectivity index (χ3v) is 3.06. The Labute approximate surface area is 107 Å². The van der Waals surface area contributed by atoms with Crippen LogP contribution in [0, 0.1) is 6.92 Å². The van der Waals surface area contributed by atoms with Crippen molar-refractivity contribution >= 4 is 6.47 Å². The first-order chi connectivity index (χ1) is 8.72. The summed E-state index contributed by atoms with van der Waals surface area (Å²) in [6.07, 6.45) is -0.203. The van der Waals surface area contributed by atoms with E-state index in [-0.39, 0.29) is 6.10 Å². The van der Waals surface area contributed by atoms with Crippen LogP contribution in [0.1, 0.15) is 24.2 Å². The molecule has 0 N–H and O–H groups in total. The van der Waals surface area contributed by atoms with Crippen molar-refractivity contribution in [3.63, 3.8) is 0 Å². The Morgan fingerprint density at radius 3 is 2.44 bits per heavy atom. The number of ether oxygens (including phenoxy) is 1. The summed E-state index contributed by atoms with van der Waals surface area (Å²) in [4.78, 5) is 10.3. The lowest BCUT2D eigenvalue weighted by Crippen LogP contribution is -1.99. The number of benzene rings is 2. The fourth-order valence-electron chi connectivity index (χ4n) is 2.04.